The highest BCUT2D eigenvalue weighted by atomic mass is 16.6. The van der Waals surface area contributed by atoms with Crippen LogP contribution in [0.15, 0.2) is 58.8 Å². The highest BCUT2D eigenvalue weighted by Crippen LogP contribution is 2.68. The van der Waals surface area contributed by atoms with Gasteiger partial charge in [0, 0.05) is 10.8 Å². The Morgan fingerprint density at radius 3 is 0.940 bits per heavy atom. The summed E-state index contributed by atoms with van der Waals surface area (Å²) in [5, 5.41) is 45.6. The van der Waals surface area contributed by atoms with E-state index in [0.29, 0.717) is 79.4 Å². The zero-order valence-electron chi connectivity index (χ0n) is 49.6. The van der Waals surface area contributed by atoms with Gasteiger partial charge in [-0.1, -0.05) is 73.1 Å². The number of methoxy groups -OCH3 is 4. The molecule has 2 aliphatic heterocycles. The van der Waals surface area contributed by atoms with Crippen LogP contribution in [-0.4, -0.2) is 50.5 Å². The molecule has 0 aromatic heterocycles. The zero-order valence-corrected chi connectivity index (χ0v) is 49.6. The Morgan fingerprint density at radius 1 is 0.434 bits per heavy atom. The van der Waals surface area contributed by atoms with Gasteiger partial charge in [-0.2, -0.15) is 10.5 Å². The lowest BCUT2D eigenvalue weighted by atomic mass is 9.72. The van der Waals surface area contributed by atoms with Crippen LogP contribution in [0.3, 0.4) is 0 Å². The van der Waals surface area contributed by atoms with Gasteiger partial charge in [-0.3, -0.25) is 0 Å². The normalized spacial score (nSPS) is 20.5. The average molecular weight is 1120 g/mol. The van der Waals surface area contributed by atoms with Gasteiger partial charge in [-0.05, 0) is 190 Å². The molecule has 6 N–H and O–H groups in total. The highest BCUT2D eigenvalue weighted by molar-refractivity contribution is 6.08. The van der Waals surface area contributed by atoms with Gasteiger partial charge in [-0.25, -0.2) is 0 Å². The van der Waals surface area contributed by atoms with Crippen molar-refractivity contribution in [3.8, 4) is 81.1 Å². The molecule has 2 unspecified atom stereocenters. The number of hydrogen-bond acceptors (Lipinski definition) is 14. The van der Waals surface area contributed by atoms with Crippen molar-refractivity contribution >= 4 is 11.7 Å². The number of oxime groups is 2. The van der Waals surface area contributed by atoms with E-state index in [2.05, 4.69) is 120 Å². The fraction of sp³-hybridized carbons (Fsp3) is 0.403. The van der Waals surface area contributed by atoms with Crippen molar-refractivity contribution in [2.75, 3.05) is 28.4 Å². The number of nitrogens with two attached hydrogens (primary N) is 2. The van der Waals surface area contributed by atoms with Crippen molar-refractivity contribution in [2.45, 2.75) is 149 Å². The first-order valence-electron chi connectivity index (χ1n) is 27.4. The largest absolute Gasteiger partial charge is 0.493 e. The summed E-state index contributed by atoms with van der Waals surface area (Å²) in [5.41, 5.74) is 25.2. The molecule has 0 fully saturated rings. The molecule has 16 heteroatoms. The van der Waals surface area contributed by atoms with Crippen molar-refractivity contribution in [3.63, 3.8) is 0 Å². The molecule has 4 aliphatic carbocycles. The van der Waals surface area contributed by atoms with E-state index < -0.39 is 0 Å². The fourth-order valence-electron chi connectivity index (χ4n) is 15.3. The van der Waals surface area contributed by atoms with Crippen LogP contribution < -0.4 is 49.4 Å². The van der Waals surface area contributed by atoms with Gasteiger partial charge in [0.25, 0.3) is 0 Å². The Kier molecular flexibility index (Phi) is 13.3. The second kappa shape index (κ2) is 19.2. The molecular weight excluding hydrogens is 1050 g/mol. The van der Waals surface area contributed by atoms with Gasteiger partial charge in [0.2, 0.25) is 0 Å². The van der Waals surface area contributed by atoms with E-state index in [1.165, 1.54) is 33.4 Å². The molecule has 0 saturated carbocycles. The maximum Gasteiger partial charge on any atom is 0.189 e. The van der Waals surface area contributed by atoms with E-state index in [1.54, 1.807) is 42.3 Å². The Hall–Kier alpha value is -8.76. The molecule has 83 heavy (non-hydrogen) atoms. The van der Waals surface area contributed by atoms with Crippen LogP contribution in [0.2, 0.25) is 0 Å². The Morgan fingerprint density at radius 2 is 0.675 bits per heavy atom. The monoisotopic (exact) mass is 1120 g/mol. The minimum Gasteiger partial charge on any atom is -0.493 e. The molecule has 0 bridgehead atoms. The minimum absolute atomic E-state index is 0. The molecule has 6 aromatic carbocycles. The van der Waals surface area contributed by atoms with E-state index in [1.807, 2.05) is 19.9 Å². The summed E-state index contributed by atoms with van der Waals surface area (Å²) in [5.74, 6) is 5.83. The lowest BCUT2D eigenvalue weighted by Gasteiger charge is -2.31. The van der Waals surface area contributed by atoms with Crippen LogP contribution in [-0.2, 0) is 32.5 Å². The summed E-state index contributed by atoms with van der Waals surface area (Å²) in [6, 6.07) is 21.4. The summed E-state index contributed by atoms with van der Waals surface area (Å²) in [7, 11) is 6.67. The van der Waals surface area contributed by atoms with Gasteiger partial charge < -0.3 is 59.8 Å². The SMILES string of the molecule is C.COc1cc2c(cc1OC)C1(CC2(C)C)CC(C)(C)c2cc3c(cc21)Oc1c(C#N)c(C)c(C)c(C#N)c1O3.COc1cc2c(cc1OC)C1(CC2(C)C)CC(C)(C)c2cc3c(cc21)Oc1c(c(/C(N)=N/O)c(C)c(C)c1/C(N)=N/O)O3. The molecule has 0 saturated heterocycles. The van der Waals surface area contributed by atoms with Crippen molar-refractivity contribution < 1.29 is 48.3 Å². The molecule has 12 rings (SSSR count). The molecule has 6 aromatic rings. The lowest BCUT2D eigenvalue weighted by Crippen LogP contribution is -2.27. The number of nitrogens with zero attached hydrogens (tertiary/aromatic N) is 4. The van der Waals surface area contributed by atoms with Gasteiger partial charge in [0.15, 0.2) is 80.7 Å². The number of amidine groups is 2. The van der Waals surface area contributed by atoms with Gasteiger partial charge in [0.05, 0.1) is 39.6 Å². The van der Waals surface area contributed by atoms with Crippen molar-refractivity contribution in [1.29, 1.82) is 10.5 Å². The second-order valence-corrected chi connectivity index (χ2v) is 25.5. The molecular formula is C67H74N6O10. The van der Waals surface area contributed by atoms with Crippen LogP contribution in [0.4, 0.5) is 0 Å². The fourth-order valence-corrected chi connectivity index (χ4v) is 15.3. The summed E-state index contributed by atoms with van der Waals surface area (Å²) in [6.45, 7) is 25.5. The number of benzene rings is 6. The van der Waals surface area contributed by atoms with Crippen LogP contribution in [0.5, 0.6) is 69.0 Å². The number of hydrogen-bond donors (Lipinski definition) is 4. The second-order valence-electron chi connectivity index (χ2n) is 25.5. The van der Waals surface area contributed by atoms with Crippen LogP contribution in [0.1, 0.15) is 178 Å². The maximum absolute atomic E-state index is 9.97. The van der Waals surface area contributed by atoms with Crippen LogP contribution in [0.25, 0.3) is 0 Å². The highest BCUT2D eigenvalue weighted by Gasteiger charge is 2.59. The third-order valence-corrected chi connectivity index (χ3v) is 18.9. The molecule has 432 valence electrons. The predicted molar refractivity (Wildman–Crippen MR) is 317 cm³/mol. The first-order chi connectivity index (χ1) is 38.7. The van der Waals surface area contributed by atoms with Gasteiger partial charge >= 0.3 is 0 Å². The van der Waals surface area contributed by atoms with Crippen molar-refractivity contribution in [1.82, 2.24) is 0 Å². The van der Waals surface area contributed by atoms with E-state index in [9.17, 15) is 20.9 Å². The van der Waals surface area contributed by atoms with Gasteiger partial charge in [0.1, 0.15) is 23.3 Å². The third-order valence-electron chi connectivity index (χ3n) is 18.9. The average Bonchev–Trinajstić information content (AvgIpc) is 1.61. The molecule has 0 amide bonds. The quantitative estimate of drug-likeness (QED) is 0.0524. The molecule has 6 aliphatic rings. The van der Waals surface area contributed by atoms with E-state index in [0.717, 1.165) is 59.4 Å². The van der Waals surface area contributed by atoms with E-state index in [4.69, 9.17) is 49.4 Å². The topological polar surface area (TPSA) is 239 Å². The van der Waals surface area contributed by atoms with Crippen molar-refractivity contribution in [3.05, 3.63) is 138 Å². The first kappa shape index (κ1) is 57.5. The van der Waals surface area contributed by atoms with Crippen molar-refractivity contribution in [2.24, 2.45) is 21.8 Å². The molecule has 2 spiro atoms. The van der Waals surface area contributed by atoms with Crippen LogP contribution in [0, 0.1) is 50.4 Å². The molecule has 16 nitrogen and oxygen atoms in total. The smallest absolute Gasteiger partial charge is 0.189 e. The summed E-state index contributed by atoms with van der Waals surface area (Å²) in [4.78, 5) is 0. The molecule has 2 atom stereocenters. The number of nitriles is 2. The lowest BCUT2D eigenvalue weighted by molar-refractivity contribution is 0.316. The Balaban J connectivity index is 0.000000184. The number of rotatable bonds is 6. The van der Waals surface area contributed by atoms with Gasteiger partial charge in [-0.15, -0.1) is 0 Å². The minimum atomic E-state index is -0.313. The van der Waals surface area contributed by atoms with E-state index in [-0.39, 0.29) is 63.1 Å². The molecule has 2 heterocycles. The van der Waals surface area contributed by atoms with E-state index >= 15 is 0 Å². The standard InChI is InChI=1S/C33H38N4O6.C33H32N2O4.CH4/c1-15-16(2)26(30(35)37-39)28-27(25(15)29(34)36-38)42-23-10-18-20(12-24(23)43-28)33(14-32(18,5)6)13-31(3,4)17-9-21(40-7)22(41-8)11-19(17)33;1-17-18(2)20(14-35)30-29(19(17)13-34)38-27-10-22-24(12-28(27)39-30)33(16-32(22,5)6)15-31(3,4)21-9-25(36-7)26(37-8)11-23(21)33;/h9-12,38-39H,13-14H2,1-8H3,(H2,34,36)(H2,35,37);9-12H,15-16H2,1-8H3;1H4. The Labute approximate surface area is 486 Å². The Bertz CT molecular complexity index is 3970. The predicted octanol–water partition coefficient (Wildman–Crippen LogP) is 14.3. The third kappa shape index (κ3) is 8.02. The number of ether oxygens (including phenoxy) is 8. The summed E-state index contributed by atoms with van der Waals surface area (Å²) < 4.78 is 48.8. The molecule has 0 radical (unpaired) electrons. The van der Waals surface area contributed by atoms with Crippen LogP contribution >= 0.6 is 0 Å². The summed E-state index contributed by atoms with van der Waals surface area (Å²) in [6.07, 6.45) is 3.61. The maximum atomic E-state index is 9.97. The number of fused-ring (bicyclic) bond motifs is 12. The first-order valence-corrected chi connectivity index (χ1v) is 27.4. The zero-order chi connectivity index (χ0) is 59.3. The summed E-state index contributed by atoms with van der Waals surface area (Å²) >= 11 is 0.